The van der Waals surface area contributed by atoms with E-state index in [0.29, 0.717) is 10.9 Å². The minimum absolute atomic E-state index is 0.179. The van der Waals surface area contributed by atoms with Gasteiger partial charge in [0.25, 0.3) is 0 Å². The SMILES string of the molecule is COc1cc(Sc2nc3ccc(C)cc3[nH]2)nc(N)n1. The smallest absolute Gasteiger partial charge is 0.224 e. The lowest BCUT2D eigenvalue weighted by molar-refractivity contribution is 0.396. The quantitative estimate of drug-likeness (QED) is 0.719. The van der Waals surface area contributed by atoms with E-state index in [9.17, 15) is 0 Å². The van der Waals surface area contributed by atoms with Crippen molar-refractivity contribution in [1.29, 1.82) is 0 Å². The van der Waals surface area contributed by atoms with E-state index in [-0.39, 0.29) is 5.95 Å². The molecule has 0 aliphatic carbocycles. The highest BCUT2D eigenvalue weighted by molar-refractivity contribution is 7.99. The van der Waals surface area contributed by atoms with Gasteiger partial charge in [-0.1, -0.05) is 6.07 Å². The number of hydrogen-bond donors (Lipinski definition) is 2. The summed E-state index contributed by atoms with van der Waals surface area (Å²) < 4.78 is 5.07. The minimum atomic E-state index is 0.179. The highest BCUT2D eigenvalue weighted by atomic mass is 32.2. The normalized spacial score (nSPS) is 10.9. The molecular weight excluding hydrogens is 274 g/mol. The molecule has 1 aromatic carbocycles. The first-order valence-electron chi connectivity index (χ1n) is 5.97. The lowest BCUT2D eigenvalue weighted by atomic mass is 10.2. The van der Waals surface area contributed by atoms with Crippen LogP contribution in [0.3, 0.4) is 0 Å². The molecule has 102 valence electrons. The van der Waals surface area contributed by atoms with Crippen LogP contribution in [0.2, 0.25) is 0 Å². The number of ether oxygens (including phenoxy) is 1. The summed E-state index contributed by atoms with van der Waals surface area (Å²) in [5, 5.41) is 1.44. The lowest BCUT2D eigenvalue weighted by Gasteiger charge is -2.02. The van der Waals surface area contributed by atoms with Gasteiger partial charge in [0.15, 0.2) is 5.16 Å². The van der Waals surface area contributed by atoms with Gasteiger partial charge in [-0.15, -0.1) is 0 Å². The zero-order chi connectivity index (χ0) is 14.1. The number of hydrogen-bond acceptors (Lipinski definition) is 6. The van der Waals surface area contributed by atoms with Gasteiger partial charge in [-0.05, 0) is 36.4 Å². The molecule has 3 N–H and O–H groups in total. The summed E-state index contributed by atoms with van der Waals surface area (Å²) in [6, 6.07) is 7.80. The summed E-state index contributed by atoms with van der Waals surface area (Å²) in [7, 11) is 1.54. The molecule has 0 unspecified atom stereocenters. The van der Waals surface area contributed by atoms with Crippen LogP contribution in [0.5, 0.6) is 5.88 Å². The molecule has 3 rings (SSSR count). The summed E-state index contributed by atoms with van der Waals surface area (Å²) in [5.74, 6) is 0.616. The van der Waals surface area contributed by atoms with E-state index in [0.717, 1.165) is 16.2 Å². The number of nitrogens with two attached hydrogens (primary N) is 1. The molecule has 2 aromatic heterocycles. The van der Waals surface area contributed by atoms with Gasteiger partial charge in [-0.2, -0.15) is 4.98 Å². The summed E-state index contributed by atoms with van der Waals surface area (Å²) in [6.07, 6.45) is 0. The number of nitrogens with zero attached hydrogens (tertiary/aromatic N) is 3. The number of methoxy groups -OCH3 is 1. The van der Waals surface area contributed by atoms with Crippen molar-refractivity contribution in [3.8, 4) is 5.88 Å². The number of aromatic amines is 1. The predicted octanol–water partition coefficient (Wildman–Crippen LogP) is 2.40. The molecule has 6 nitrogen and oxygen atoms in total. The van der Waals surface area contributed by atoms with Crippen molar-refractivity contribution in [1.82, 2.24) is 19.9 Å². The van der Waals surface area contributed by atoms with Crippen molar-refractivity contribution < 1.29 is 4.74 Å². The second-order valence-electron chi connectivity index (χ2n) is 4.27. The van der Waals surface area contributed by atoms with E-state index in [1.807, 2.05) is 19.1 Å². The van der Waals surface area contributed by atoms with Gasteiger partial charge in [0, 0.05) is 6.07 Å². The average molecular weight is 287 g/mol. The number of anilines is 1. The van der Waals surface area contributed by atoms with Crippen LogP contribution in [0.1, 0.15) is 5.56 Å². The van der Waals surface area contributed by atoms with Crippen molar-refractivity contribution >= 4 is 28.7 Å². The fraction of sp³-hybridized carbons (Fsp3) is 0.154. The zero-order valence-electron chi connectivity index (χ0n) is 11.0. The Balaban J connectivity index is 1.94. The van der Waals surface area contributed by atoms with Crippen molar-refractivity contribution in [2.75, 3.05) is 12.8 Å². The first-order valence-corrected chi connectivity index (χ1v) is 6.78. The Morgan fingerprint density at radius 3 is 2.85 bits per heavy atom. The highest BCUT2D eigenvalue weighted by Gasteiger charge is 2.08. The van der Waals surface area contributed by atoms with Crippen LogP contribution < -0.4 is 10.5 Å². The molecule has 0 bridgehead atoms. The molecule has 20 heavy (non-hydrogen) atoms. The lowest BCUT2D eigenvalue weighted by Crippen LogP contribution is -1.98. The van der Waals surface area contributed by atoms with Gasteiger partial charge in [0.1, 0.15) is 5.03 Å². The van der Waals surface area contributed by atoms with Gasteiger partial charge in [-0.25, -0.2) is 9.97 Å². The number of aromatic nitrogens is 4. The molecule has 0 aliphatic rings. The predicted molar refractivity (Wildman–Crippen MR) is 78.0 cm³/mol. The zero-order valence-corrected chi connectivity index (χ0v) is 11.9. The first-order chi connectivity index (χ1) is 9.64. The van der Waals surface area contributed by atoms with Crippen molar-refractivity contribution in [3.63, 3.8) is 0 Å². The second kappa shape index (κ2) is 5.01. The van der Waals surface area contributed by atoms with E-state index >= 15 is 0 Å². The third-order valence-electron chi connectivity index (χ3n) is 2.72. The van der Waals surface area contributed by atoms with Gasteiger partial charge in [-0.3, -0.25) is 0 Å². The minimum Gasteiger partial charge on any atom is -0.481 e. The molecule has 0 spiro atoms. The van der Waals surface area contributed by atoms with Crippen LogP contribution in [0.4, 0.5) is 5.95 Å². The number of rotatable bonds is 3. The molecule has 0 saturated heterocycles. The van der Waals surface area contributed by atoms with E-state index < -0.39 is 0 Å². The van der Waals surface area contributed by atoms with Gasteiger partial charge >= 0.3 is 0 Å². The number of aryl methyl sites for hydroxylation is 1. The third-order valence-corrected chi connectivity index (χ3v) is 3.53. The summed E-state index contributed by atoms with van der Waals surface area (Å²) >= 11 is 1.39. The van der Waals surface area contributed by atoms with Gasteiger partial charge in [0.2, 0.25) is 11.8 Å². The van der Waals surface area contributed by atoms with Gasteiger partial charge < -0.3 is 15.5 Å². The van der Waals surface area contributed by atoms with Crippen LogP contribution in [-0.2, 0) is 0 Å². The standard InChI is InChI=1S/C13H13N5OS/c1-7-3-4-8-9(5-7)16-13(15-8)20-11-6-10(19-2)17-12(14)18-11/h3-6H,1-2H3,(H,15,16)(H2,14,17,18). The van der Waals surface area contributed by atoms with Crippen molar-refractivity contribution in [2.24, 2.45) is 0 Å². The van der Waals surface area contributed by atoms with E-state index in [4.69, 9.17) is 10.5 Å². The van der Waals surface area contributed by atoms with Crippen LogP contribution in [0, 0.1) is 6.92 Å². The van der Waals surface area contributed by atoms with E-state index in [1.165, 1.54) is 17.3 Å². The average Bonchev–Trinajstić information content (AvgIpc) is 2.79. The summed E-state index contributed by atoms with van der Waals surface area (Å²) in [5.41, 5.74) is 8.75. The van der Waals surface area contributed by atoms with E-state index in [2.05, 4.69) is 26.0 Å². The maximum absolute atomic E-state index is 5.64. The fourth-order valence-corrected chi connectivity index (χ4v) is 2.63. The van der Waals surface area contributed by atoms with Gasteiger partial charge in [0.05, 0.1) is 18.1 Å². The number of fused-ring (bicyclic) bond motifs is 1. The highest BCUT2D eigenvalue weighted by Crippen LogP contribution is 2.28. The molecule has 7 heteroatoms. The number of nitrogen functional groups attached to an aromatic ring is 1. The maximum Gasteiger partial charge on any atom is 0.224 e. The Hall–Kier alpha value is -2.28. The first kappa shape index (κ1) is 12.7. The molecule has 0 saturated carbocycles. The molecule has 0 radical (unpaired) electrons. The third kappa shape index (κ3) is 2.53. The number of imidazole rings is 1. The molecule has 0 fully saturated rings. The maximum atomic E-state index is 5.64. The molecular formula is C13H13N5OS. The van der Waals surface area contributed by atoms with E-state index in [1.54, 1.807) is 13.2 Å². The van der Waals surface area contributed by atoms with Crippen LogP contribution in [0.15, 0.2) is 34.4 Å². The number of benzene rings is 1. The van der Waals surface area contributed by atoms with Crippen LogP contribution in [0.25, 0.3) is 11.0 Å². The summed E-state index contributed by atoms with van der Waals surface area (Å²) in [4.78, 5) is 15.9. The molecule has 0 atom stereocenters. The van der Waals surface area contributed by atoms with Crippen LogP contribution in [-0.4, -0.2) is 27.0 Å². The number of nitrogens with one attached hydrogen (secondary N) is 1. The molecule has 3 aromatic rings. The Labute approximate surface area is 119 Å². The number of H-pyrrole nitrogens is 1. The van der Waals surface area contributed by atoms with Crippen molar-refractivity contribution in [2.45, 2.75) is 17.1 Å². The Bertz CT molecular complexity index is 771. The Morgan fingerprint density at radius 2 is 2.05 bits per heavy atom. The largest absolute Gasteiger partial charge is 0.481 e. The molecule has 0 aliphatic heterocycles. The van der Waals surface area contributed by atoms with Crippen molar-refractivity contribution in [3.05, 3.63) is 29.8 Å². The monoisotopic (exact) mass is 287 g/mol. The molecule has 0 amide bonds. The topological polar surface area (TPSA) is 89.7 Å². The Kier molecular flexibility index (Phi) is 3.19. The summed E-state index contributed by atoms with van der Waals surface area (Å²) in [6.45, 7) is 2.04. The fourth-order valence-electron chi connectivity index (χ4n) is 1.83. The second-order valence-corrected chi connectivity index (χ2v) is 5.28. The van der Waals surface area contributed by atoms with Crippen LogP contribution >= 0.6 is 11.8 Å². The molecule has 2 heterocycles. The Morgan fingerprint density at radius 1 is 1.20 bits per heavy atom.